The number of nitrogens with zero attached hydrogens (tertiary/aromatic N) is 4. The fraction of sp³-hybridized carbons (Fsp3) is 0.409. The van der Waals surface area contributed by atoms with Gasteiger partial charge in [0, 0.05) is 35.8 Å². The number of anilines is 1. The molecule has 0 bridgehead atoms. The SMILES string of the molecule is CCc1cc(COc2cc(-c3cnc(C4CCN(C)CC4)s3)cnc2N)ccn1. The van der Waals surface area contributed by atoms with Gasteiger partial charge < -0.3 is 15.4 Å². The van der Waals surface area contributed by atoms with Crippen LogP contribution in [0.1, 0.15) is 41.9 Å². The van der Waals surface area contributed by atoms with E-state index < -0.39 is 0 Å². The van der Waals surface area contributed by atoms with E-state index in [9.17, 15) is 0 Å². The first kappa shape index (κ1) is 19.8. The van der Waals surface area contributed by atoms with E-state index in [4.69, 9.17) is 15.5 Å². The summed E-state index contributed by atoms with van der Waals surface area (Å²) in [5.74, 6) is 1.56. The summed E-state index contributed by atoms with van der Waals surface area (Å²) in [5.41, 5.74) is 9.18. The lowest BCUT2D eigenvalue weighted by atomic mass is 9.98. The first-order valence-corrected chi connectivity index (χ1v) is 10.9. The van der Waals surface area contributed by atoms with Gasteiger partial charge in [0.2, 0.25) is 0 Å². The van der Waals surface area contributed by atoms with E-state index >= 15 is 0 Å². The number of thiazole rings is 1. The van der Waals surface area contributed by atoms with Gasteiger partial charge in [-0.1, -0.05) is 6.92 Å². The number of piperidine rings is 1. The molecule has 152 valence electrons. The van der Waals surface area contributed by atoms with Gasteiger partial charge in [-0.15, -0.1) is 11.3 Å². The Hall–Kier alpha value is -2.51. The second-order valence-corrected chi connectivity index (χ2v) is 8.61. The van der Waals surface area contributed by atoms with Crippen LogP contribution in [0.15, 0.2) is 36.8 Å². The van der Waals surface area contributed by atoms with Crippen molar-refractivity contribution in [3.8, 4) is 16.2 Å². The van der Waals surface area contributed by atoms with Gasteiger partial charge in [-0.05, 0) is 63.2 Å². The van der Waals surface area contributed by atoms with Crippen molar-refractivity contribution in [1.82, 2.24) is 19.9 Å². The van der Waals surface area contributed by atoms with E-state index in [-0.39, 0.29) is 0 Å². The third-order valence-corrected chi connectivity index (χ3v) is 6.60. The molecule has 4 heterocycles. The summed E-state index contributed by atoms with van der Waals surface area (Å²) < 4.78 is 5.98. The Balaban J connectivity index is 1.48. The van der Waals surface area contributed by atoms with Gasteiger partial charge in [0.05, 0.1) is 9.88 Å². The molecule has 1 fully saturated rings. The molecule has 6 nitrogen and oxygen atoms in total. The molecule has 1 aliphatic heterocycles. The lowest BCUT2D eigenvalue weighted by molar-refractivity contribution is 0.255. The predicted octanol–water partition coefficient (Wildman–Crippen LogP) is 4.13. The molecule has 4 rings (SSSR count). The fourth-order valence-electron chi connectivity index (χ4n) is 3.54. The number of ether oxygens (including phenoxy) is 1. The number of hydrogen-bond acceptors (Lipinski definition) is 7. The predicted molar refractivity (Wildman–Crippen MR) is 117 cm³/mol. The van der Waals surface area contributed by atoms with Gasteiger partial charge in [-0.3, -0.25) is 4.98 Å². The van der Waals surface area contributed by atoms with Crippen LogP contribution in [-0.2, 0) is 13.0 Å². The summed E-state index contributed by atoms with van der Waals surface area (Å²) in [6.45, 7) is 4.80. The Bertz CT molecular complexity index is 965. The van der Waals surface area contributed by atoms with Crippen molar-refractivity contribution in [2.75, 3.05) is 25.9 Å². The second-order valence-electron chi connectivity index (χ2n) is 7.55. The van der Waals surface area contributed by atoms with Gasteiger partial charge in [0.1, 0.15) is 6.61 Å². The minimum Gasteiger partial charge on any atom is -0.485 e. The Labute approximate surface area is 175 Å². The number of nitrogens with two attached hydrogens (primary N) is 1. The van der Waals surface area contributed by atoms with Crippen LogP contribution in [0.5, 0.6) is 5.75 Å². The van der Waals surface area contributed by atoms with Gasteiger partial charge in [-0.2, -0.15) is 0 Å². The molecule has 3 aromatic rings. The van der Waals surface area contributed by atoms with Crippen LogP contribution in [0.3, 0.4) is 0 Å². The highest BCUT2D eigenvalue weighted by Gasteiger charge is 2.21. The molecule has 2 N–H and O–H groups in total. The molecule has 1 saturated heterocycles. The Morgan fingerprint density at radius 2 is 2.00 bits per heavy atom. The Morgan fingerprint density at radius 1 is 1.17 bits per heavy atom. The Morgan fingerprint density at radius 3 is 2.79 bits per heavy atom. The number of hydrogen-bond donors (Lipinski definition) is 1. The smallest absolute Gasteiger partial charge is 0.166 e. The topological polar surface area (TPSA) is 77.2 Å². The molecule has 0 aromatic carbocycles. The van der Waals surface area contributed by atoms with Crippen LogP contribution in [0.4, 0.5) is 5.82 Å². The molecule has 0 aliphatic carbocycles. The van der Waals surface area contributed by atoms with Crippen LogP contribution in [-0.4, -0.2) is 40.0 Å². The average molecular weight is 410 g/mol. The minimum absolute atomic E-state index is 0.401. The number of likely N-dealkylation sites (tertiary alicyclic amines) is 1. The molecule has 0 saturated carbocycles. The molecule has 0 radical (unpaired) electrons. The number of rotatable bonds is 6. The second kappa shape index (κ2) is 8.88. The minimum atomic E-state index is 0.401. The van der Waals surface area contributed by atoms with Crippen LogP contribution in [0.25, 0.3) is 10.4 Å². The van der Waals surface area contributed by atoms with Crippen LogP contribution in [0.2, 0.25) is 0 Å². The van der Waals surface area contributed by atoms with E-state index in [0.717, 1.165) is 41.2 Å². The normalized spacial score (nSPS) is 15.5. The summed E-state index contributed by atoms with van der Waals surface area (Å²) in [6.07, 6.45) is 8.81. The number of nitrogen functional groups attached to an aromatic ring is 1. The van der Waals surface area contributed by atoms with E-state index in [0.29, 0.717) is 24.1 Å². The van der Waals surface area contributed by atoms with Crippen molar-refractivity contribution in [2.45, 2.75) is 38.7 Å². The molecule has 7 heteroatoms. The maximum Gasteiger partial charge on any atom is 0.166 e. The summed E-state index contributed by atoms with van der Waals surface area (Å²) in [4.78, 5) is 16.9. The van der Waals surface area contributed by atoms with Crippen molar-refractivity contribution >= 4 is 17.2 Å². The highest BCUT2D eigenvalue weighted by Crippen LogP contribution is 2.36. The third-order valence-electron chi connectivity index (χ3n) is 5.40. The molecule has 0 atom stereocenters. The summed E-state index contributed by atoms with van der Waals surface area (Å²) in [7, 11) is 2.18. The van der Waals surface area contributed by atoms with Crippen LogP contribution >= 0.6 is 11.3 Å². The first-order valence-electron chi connectivity index (χ1n) is 10.1. The van der Waals surface area contributed by atoms with Gasteiger partial charge >= 0.3 is 0 Å². The average Bonchev–Trinajstić information content (AvgIpc) is 3.24. The largest absolute Gasteiger partial charge is 0.485 e. The van der Waals surface area contributed by atoms with Gasteiger partial charge in [0.15, 0.2) is 11.6 Å². The Kier molecular flexibility index (Phi) is 6.06. The van der Waals surface area contributed by atoms with Crippen molar-refractivity contribution in [3.63, 3.8) is 0 Å². The van der Waals surface area contributed by atoms with Crippen LogP contribution in [0, 0.1) is 0 Å². The highest BCUT2D eigenvalue weighted by molar-refractivity contribution is 7.15. The third kappa shape index (κ3) is 4.74. The number of pyridine rings is 2. The first-order chi connectivity index (χ1) is 14.1. The highest BCUT2D eigenvalue weighted by atomic mass is 32.1. The number of aromatic nitrogens is 3. The molecule has 0 amide bonds. The van der Waals surface area contributed by atoms with Crippen molar-refractivity contribution < 1.29 is 4.74 Å². The van der Waals surface area contributed by atoms with Gasteiger partial charge in [-0.25, -0.2) is 9.97 Å². The lowest BCUT2D eigenvalue weighted by Gasteiger charge is -2.27. The summed E-state index contributed by atoms with van der Waals surface area (Å²) >= 11 is 1.75. The molecule has 1 aliphatic rings. The quantitative estimate of drug-likeness (QED) is 0.659. The fourth-order valence-corrected chi connectivity index (χ4v) is 4.61. The maximum atomic E-state index is 6.06. The zero-order valence-electron chi connectivity index (χ0n) is 17.0. The standard InChI is InChI=1S/C22H27N5OS/c1-3-18-10-15(4-7-24-18)14-28-19-11-17(12-25-21(19)23)20-13-26-22(29-20)16-5-8-27(2)9-6-16/h4,7,10-13,16H,3,5-6,8-9,14H2,1-2H3,(H2,23,25). The zero-order valence-corrected chi connectivity index (χ0v) is 17.8. The molecule has 3 aromatic heterocycles. The molecule has 29 heavy (non-hydrogen) atoms. The lowest BCUT2D eigenvalue weighted by Crippen LogP contribution is -2.29. The van der Waals surface area contributed by atoms with Crippen molar-refractivity contribution in [3.05, 3.63) is 53.1 Å². The van der Waals surface area contributed by atoms with E-state index in [2.05, 4.69) is 34.9 Å². The van der Waals surface area contributed by atoms with Gasteiger partial charge in [0.25, 0.3) is 0 Å². The van der Waals surface area contributed by atoms with E-state index in [1.807, 2.05) is 24.5 Å². The van der Waals surface area contributed by atoms with Crippen molar-refractivity contribution in [2.24, 2.45) is 0 Å². The molecule has 0 unspecified atom stereocenters. The molecular formula is C22H27N5OS. The van der Waals surface area contributed by atoms with E-state index in [1.165, 1.54) is 17.8 Å². The summed E-state index contributed by atoms with van der Waals surface area (Å²) in [5, 5.41) is 1.22. The van der Waals surface area contributed by atoms with Crippen LogP contribution < -0.4 is 10.5 Å². The maximum absolute atomic E-state index is 6.06. The monoisotopic (exact) mass is 409 g/mol. The van der Waals surface area contributed by atoms with E-state index in [1.54, 1.807) is 17.5 Å². The molecular weight excluding hydrogens is 382 g/mol. The number of aryl methyl sites for hydroxylation is 1. The zero-order chi connectivity index (χ0) is 20.2. The molecule has 0 spiro atoms. The van der Waals surface area contributed by atoms with Crippen molar-refractivity contribution in [1.29, 1.82) is 0 Å². The summed E-state index contributed by atoms with van der Waals surface area (Å²) in [6, 6.07) is 5.99.